The molecule has 2 rings (SSSR count). The molecular weight excluding hydrogens is 276 g/mol. The molecule has 0 atom stereocenters. The van der Waals surface area contributed by atoms with Crippen LogP contribution < -0.4 is 10.5 Å². The molecule has 0 radical (unpaired) electrons. The Bertz CT molecular complexity index is 699. The van der Waals surface area contributed by atoms with Crippen molar-refractivity contribution in [2.45, 2.75) is 13.8 Å². The van der Waals surface area contributed by atoms with Gasteiger partial charge < -0.3 is 10.5 Å². The molecule has 0 unspecified atom stereocenters. The molecule has 0 aliphatic rings. The van der Waals surface area contributed by atoms with Gasteiger partial charge in [0.15, 0.2) is 0 Å². The van der Waals surface area contributed by atoms with Gasteiger partial charge in [0.25, 0.3) is 0 Å². The van der Waals surface area contributed by atoms with Crippen LogP contribution in [0.5, 0.6) is 5.75 Å². The molecule has 0 bridgehead atoms. The number of nitrogens with two attached hydrogens (primary N) is 1. The quantitative estimate of drug-likeness (QED) is 0.693. The molecule has 2 N–H and O–H groups in total. The molecule has 0 spiro atoms. The van der Waals surface area contributed by atoms with Gasteiger partial charge in [0.2, 0.25) is 5.78 Å². The van der Waals surface area contributed by atoms with Gasteiger partial charge in [0.1, 0.15) is 17.4 Å². The maximum absolute atomic E-state index is 13.9. The zero-order chi connectivity index (χ0) is 15.6. The van der Waals surface area contributed by atoms with Crippen molar-refractivity contribution in [3.8, 4) is 5.75 Å². The number of anilines is 1. The van der Waals surface area contributed by atoms with Gasteiger partial charge in [-0.25, -0.2) is 8.78 Å². The summed E-state index contributed by atoms with van der Waals surface area (Å²) in [5.41, 5.74) is 5.76. The highest BCUT2D eigenvalue weighted by Crippen LogP contribution is 2.28. The second-order valence-electron chi connectivity index (χ2n) is 4.56. The lowest BCUT2D eigenvalue weighted by molar-refractivity contribution is 0.103. The minimum atomic E-state index is -0.787. The molecular formula is C16H15F2NO2. The van der Waals surface area contributed by atoms with E-state index in [2.05, 4.69) is 0 Å². The molecule has 0 aliphatic heterocycles. The van der Waals surface area contributed by atoms with E-state index in [1.165, 1.54) is 13.0 Å². The zero-order valence-electron chi connectivity index (χ0n) is 11.7. The van der Waals surface area contributed by atoms with Crippen molar-refractivity contribution in [2.24, 2.45) is 0 Å². The number of hydrogen-bond donors (Lipinski definition) is 1. The Morgan fingerprint density at radius 3 is 2.62 bits per heavy atom. The van der Waals surface area contributed by atoms with Gasteiger partial charge in [-0.1, -0.05) is 6.07 Å². The SMILES string of the molecule is CCOc1cccc(N)c1C(=O)c1cc(F)c(C)cc1F. The fourth-order valence-corrected chi connectivity index (χ4v) is 2.02. The molecule has 0 heterocycles. The normalized spacial score (nSPS) is 10.5. The van der Waals surface area contributed by atoms with Crippen molar-refractivity contribution in [3.05, 3.63) is 58.7 Å². The van der Waals surface area contributed by atoms with Gasteiger partial charge in [0.05, 0.1) is 17.7 Å². The van der Waals surface area contributed by atoms with E-state index in [-0.39, 0.29) is 28.1 Å². The van der Waals surface area contributed by atoms with Gasteiger partial charge in [-0.2, -0.15) is 0 Å². The van der Waals surface area contributed by atoms with Crippen LogP contribution in [0.1, 0.15) is 28.4 Å². The summed E-state index contributed by atoms with van der Waals surface area (Å²) in [6.45, 7) is 3.51. The van der Waals surface area contributed by atoms with Crippen LogP contribution in [0.3, 0.4) is 0 Å². The van der Waals surface area contributed by atoms with Gasteiger partial charge in [-0.15, -0.1) is 0 Å². The Hall–Kier alpha value is -2.43. The van der Waals surface area contributed by atoms with Crippen molar-refractivity contribution in [2.75, 3.05) is 12.3 Å². The first-order chi connectivity index (χ1) is 9.95. The number of ether oxygens (including phenoxy) is 1. The summed E-state index contributed by atoms with van der Waals surface area (Å²) in [7, 11) is 0. The van der Waals surface area contributed by atoms with Crippen LogP contribution in [0.4, 0.5) is 14.5 Å². The molecule has 110 valence electrons. The lowest BCUT2D eigenvalue weighted by atomic mass is 9.99. The van der Waals surface area contributed by atoms with Crippen LogP contribution in [-0.4, -0.2) is 12.4 Å². The molecule has 0 fully saturated rings. The molecule has 2 aromatic carbocycles. The minimum Gasteiger partial charge on any atom is -0.493 e. The maximum Gasteiger partial charge on any atom is 0.201 e. The van der Waals surface area contributed by atoms with Crippen molar-refractivity contribution in [3.63, 3.8) is 0 Å². The van der Waals surface area contributed by atoms with E-state index in [9.17, 15) is 13.6 Å². The number of carbonyl (C=O) groups is 1. The average molecular weight is 291 g/mol. The molecule has 21 heavy (non-hydrogen) atoms. The standard InChI is InChI=1S/C16H15F2NO2/c1-3-21-14-6-4-5-13(19)15(14)16(20)10-8-11(17)9(2)7-12(10)18/h4-8H,3,19H2,1-2H3. The largest absolute Gasteiger partial charge is 0.493 e. The summed E-state index contributed by atoms with van der Waals surface area (Å²) in [6.07, 6.45) is 0. The van der Waals surface area contributed by atoms with Crippen LogP contribution in [0.15, 0.2) is 30.3 Å². The van der Waals surface area contributed by atoms with Crippen LogP contribution in [0, 0.1) is 18.6 Å². The number of ketones is 1. The summed E-state index contributed by atoms with van der Waals surface area (Å²) >= 11 is 0. The van der Waals surface area contributed by atoms with Crippen LogP contribution in [0.25, 0.3) is 0 Å². The number of rotatable bonds is 4. The Labute approximate surface area is 121 Å². The summed E-state index contributed by atoms with van der Waals surface area (Å²) in [5.74, 6) is -1.88. The molecule has 0 saturated carbocycles. The average Bonchev–Trinajstić information content (AvgIpc) is 2.43. The summed E-state index contributed by atoms with van der Waals surface area (Å²) in [4.78, 5) is 12.5. The van der Waals surface area contributed by atoms with Crippen molar-refractivity contribution >= 4 is 11.5 Å². The van der Waals surface area contributed by atoms with E-state index >= 15 is 0 Å². The lowest BCUT2D eigenvalue weighted by Gasteiger charge is -2.12. The first-order valence-electron chi connectivity index (χ1n) is 6.47. The molecule has 0 aromatic heterocycles. The van der Waals surface area contributed by atoms with Gasteiger partial charge in [0, 0.05) is 5.69 Å². The Kier molecular flexibility index (Phi) is 4.21. The zero-order valence-corrected chi connectivity index (χ0v) is 11.7. The molecule has 2 aromatic rings. The second-order valence-corrected chi connectivity index (χ2v) is 4.56. The van der Waals surface area contributed by atoms with Crippen molar-refractivity contribution < 1.29 is 18.3 Å². The maximum atomic E-state index is 13.9. The highest BCUT2D eigenvalue weighted by atomic mass is 19.1. The van der Waals surface area contributed by atoms with E-state index in [1.54, 1.807) is 19.1 Å². The third-order valence-corrected chi connectivity index (χ3v) is 3.08. The number of nitrogen functional groups attached to an aromatic ring is 1. The number of halogens is 2. The third kappa shape index (κ3) is 2.86. The predicted octanol–water partition coefficient (Wildman–Crippen LogP) is 3.49. The summed E-state index contributed by atoms with van der Waals surface area (Å²) < 4.78 is 32.9. The minimum absolute atomic E-state index is 0.0431. The third-order valence-electron chi connectivity index (χ3n) is 3.08. The summed E-state index contributed by atoms with van der Waals surface area (Å²) in [6, 6.07) is 6.58. The van der Waals surface area contributed by atoms with Gasteiger partial charge in [-0.3, -0.25) is 4.79 Å². The van der Waals surface area contributed by atoms with E-state index in [1.807, 2.05) is 0 Å². The van der Waals surface area contributed by atoms with E-state index < -0.39 is 17.4 Å². The molecule has 0 aliphatic carbocycles. The lowest BCUT2D eigenvalue weighted by Crippen LogP contribution is -2.11. The first-order valence-corrected chi connectivity index (χ1v) is 6.47. The fourth-order valence-electron chi connectivity index (χ4n) is 2.02. The van der Waals surface area contributed by atoms with Gasteiger partial charge in [-0.05, 0) is 43.7 Å². The monoisotopic (exact) mass is 291 g/mol. The highest BCUT2D eigenvalue weighted by Gasteiger charge is 2.22. The Morgan fingerprint density at radius 2 is 1.95 bits per heavy atom. The molecule has 5 heteroatoms. The number of aryl methyl sites for hydroxylation is 1. The Balaban J connectivity index is 2.57. The predicted molar refractivity (Wildman–Crippen MR) is 76.6 cm³/mol. The van der Waals surface area contributed by atoms with E-state index in [4.69, 9.17) is 10.5 Å². The summed E-state index contributed by atoms with van der Waals surface area (Å²) in [5, 5.41) is 0. The van der Waals surface area contributed by atoms with E-state index in [0.29, 0.717) is 6.61 Å². The number of carbonyl (C=O) groups excluding carboxylic acids is 1. The van der Waals surface area contributed by atoms with Crippen molar-refractivity contribution in [1.82, 2.24) is 0 Å². The van der Waals surface area contributed by atoms with Gasteiger partial charge >= 0.3 is 0 Å². The Morgan fingerprint density at radius 1 is 1.24 bits per heavy atom. The van der Waals surface area contributed by atoms with Crippen molar-refractivity contribution in [1.29, 1.82) is 0 Å². The smallest absolute Gasteiger partial charge is 0.201 e. The second kappa shape index (κ2) is 5.91. The van der Waals surface area contributed by atoms with E-state index in [0.717, 1.165) is 12.1 Å². The van der Waals surface area contributed by atoms with Crippen LogP contribution in [-0.2, 0) is 0 Å². The molecule has 0 amide bonds. The number of hydrogen-bond acceptors (Lipinski definition) is 3. The molecule has 0 saturated heterocycles. The fraction of sp³-hybridized carbons (Fsp3) is 0.188. The molecule has 3 nitrogen and oxygen atoms in total. The first kappa shape index (κ1) is 15.0. The van der Waals surface area contributed by atoms with Crippen LogP contribution in [0.2, 0.25) is 0 Å². The topological polar surface area (TPSA) is 52.3 Å². The van der Waals surface area contributed by atoms with Crippen LogP contribution >= 0.6 is 0 Å². The highest BCUT2D eigenvalue weighted by molar-refractivity contribution is 6.14. The number of benzene rings is 2.